The molecule has 0 spiro atoms. The van der Waals surface area contributed by atoms with E-state index in [-0.39, 0.29) is 5.38 Å². The van der Waals surface area contributed by atoms with Crippen LogP contribution in [-0.4, -0.2) is 10.4 Å². The highest BCUT2D eigenvalue weighted by Crippen LogP contribution is 2.31. The summed E-state index contributed by atoms with van der Waals surface area (Å²) >= 11 is 12.1. The Hall–Kier alpha value is -1.05. The number of rotatable bonds is 2. The van der Waals surface area contributed by atoms with Gasteiger partial charge in [-0.1, -0.05) is 24.3 Å². The lowest BCUT2D eigenvalue weighted by Crippen LogP contribution is -2.04. The molecule has 1 aromatic rings. The zero-order chi connectivity index (χ0) is 12.4. The quantitative estimate of drug-likeness (QED) is 0.715. The van der Waals surface area contributed by atoms with Gasteiger partial charge in [-0.2, -0.15) is 0 Å². The molecule has 0 aromatic carbocycles. The predicted octanol–water partition coefficient (Wildman–Crippen LogP) is 4.55. The third-order valence-electron chi connectivity index (χ3n) is 2.71. The van der Waals surface area contributed by atoms with E-state index < -0.39 is 0 Å². The molecule has 1 nitrogen and oxygen atoms in total. The summed E-state index contributed by atoms with van der Waals surface area (Å²) < 4.78 is 0. The summed E-state index contributed by atoms with van der Waals surface area (Å²) in [5, 5.41) is 0.628. The summed E-state index contributed by atoms with van der Waals surface area (Å²) in [6.45, 7) is 5.77. The molecule has 0 radical (unpaired) electrons. The Bertz CT molecular complexity index is 515. The molecular formula is C14H13Cl2N. The zero-order valence-corrected chi connectivity index (χ0v) is 11.1. The number of hydrogen-bond donors (Lipinski definition) is 0. The Balaban J connectivity index is 2.41. The molecule has 1 atom stereocenters. The van der Waals surface area contributed by atoms with E-state index in [0.29, 0.717) is 5.03 Å². The molecule has 1 unspecified atom stereocenters. The Morgan fingerprint density at radius 3 is 2.88 bits per heavy atom. The van der Waals surface area contributed by atoms with Crippen molar-refractivity contribution in [1.82, 2.24) is 4.98 Å². The van der Waals surface area contributed by atoms with Gasteiger partial charge in [0.25, 0.3) is 0 Å². The number of aromatic nitrogens is 1. The fraction of sp³-hybridized carbons (Fsp3) is 0.214. The fourth-order valence-corrected chi connectivity index (χ4v) is 2.57. The average Bonchev–Trinajstić information content (AvgIpc) is 2.27. The van der Waals surface area contributed by atoms with Gasteiger partial charge in [0.05, 0.1) is 11.1 Å². The number of nitrogens with zero attached hydrogens (tertiary/aromatic N) is 1. The largest absolute Gasteiger partial charge is 0.256 e. The molecule has 0 saturated heterocycles. The topological polar surface area (TPSA) is 12.9 Å². The minimum Gasteiger partial charge on any atom is -0.256 e. The molecule has 88 valence electrons. The number of pyridine rings is 1. The minimum absolute atomic E-state index is 0.0530. The van der Waals surface area contributed by atoms with E-state index in [1.807, 2.05) is 25.3 Å². The number of alkyl halides is 1. The van der Waals surface area contributed by atoms with Gasteiger partial charge in [-0.15, -0.1) is 11.6 Å². The van der Waals surface area contributed by atoms with Crippen LogP contribution in [-0.2, 0) is 0 Å². The first kappa shape index (κ1) is 12.4. The molecule has 1 aliphatic rings. The molecule has 0 saturated carbocycles. The Kier molecular flexibility index (Phi) is 3.70. The van der Waals surface area contributed by atoms with Gasteiger partial charge in [-0.05, 0) is 48.3 Å². The van der Waals surface area contributed by atoms with Crippen LogP contribution in [0.2, 0.25) is 0 Å². The molecule has 17 heavy (non-hydrogen) atoms. The van der Waals surface area contributed by atoms with Gasteiger partial charge >= 0.3 is 0 Å². The number of halogens is 2. The first-order valence-corrected chi connectivity index (χ1v) is 6.23. The van der Waals surface area contributed by atoms with Gasteiger partial charge in [0.2, 0.25) is 0 Å². The predicted molar refractivity (Wildman–Crippen MR) is 75.2 cm³/mol. The van der Waals surface area contributed by atoms with Crippen LogP contribution in [0.15, 0.2) is 36.0 Å². The van der Waals surface area contributed by atoms with Crippen molar-refractivity contribution in [2.24, 2.45) is 0 Å². The van der Waals surface area contributed by atoms with E-state index in [0.717, 1.165) is 28.8 Å². The Morgan fingerprint density at radius 2 is 2.29 bits per heavy atom. The average molecular weight is 266 g/mol. The second kappa shape index (κ2) is 5.07. The van der Waals surface area contributed by atoms with Crippen molar-refractivity contribution < 1.29 is 0 Å². The van der Waals surface area contributed by atoms with E-state index in [2.05, 4.69) is 17.6 Å². The Morgan fingerprint density at radius 1 is 1.53 bits per heavy atom. The normalized spacial score (nSPS) is 19.6. The summed E-state index contributed by atoms with van der Waals surface area (Å²) in [6, 6.07) is 2.06. The molecule has 1 heterocycles. The van der Waals surface area contributed by atoms with Crippen LogP contribution < -0.4 is 0 Å². The summed E-state index contributed by atoms with van der Waals surface area (Å²) in [4.78, 5) is 4.46. The third-order valence-corrected chi connectivity index (χ3v) is 3.22. The van der Waals surface area contributed by atoms with E-state index >= 15 is 0 Å². The fourth-order valence-electron chi connectivity index (χ4n) is 1.92. The molecule has 0 aliphatic heterocycles. The molecule has 1 aliphatic carbocycles. The van der Waals surface area contributed by atoms with Crippen molar-refractivity contribution in [2.45, 2.75) is 18.7 Å². The van der Waals surface area contributed by atoms with Crippen molar-refractivity contribution >= 4 is 34.9 Å². The standard InChI is InChI=1S/C14H13Cl2N/c1-3-10-4-9(2)14(17-8-10)11-5-12(15)7-13(16)6-11/h3-5,7-8,13H,1,6H2,2H3. The van der Waals surface area contributed by atoms with E-state index in [4.69, 9.17) is 23.2 Å². The lowest BCUT2D eigenvalue weighted by atomic mass is 9.97. The molecule has 3 heteroatoms. The highest BCUT2D eigenvalue weighted by molar-refractivity contribution is 6.33. The van der Waals surface area contributed by atoms with Crippen LogP contribution >= 0.6 is 23.2 Å². The van der Waals surface area contributed by atoms with Crippen molar-refractivity contribution in [2.75, 3.05) is 0 Å². The third kappa shape index (κ3) is 2.80. The van der Waals surface area contributed by atoms with Crippen LogP contribution in [0.1, 0.15) is 23.2 Å². The lowest BCUT2D eigenvalue weighted by molar-refractivity contribution is 1.03. The first-order valence-electron chi connectivity index (χ1n) is 5.41. The van der Waals surface area contributed by atoms with E-state index in [1.54, 1.807) is 6.08 Å². The lowest BCUT2D eigenvalue weighted by Gasteiger charge is -2.16. The summed E-state index contributed by atoms with van der Waals surface area (Å²) in [7, 11) is 0. The maximum atomic E-state index is 6.12. The second-order valence-electron chi connectivity index (χ2n) is 4.08. The summed E-state index contributed by atoms with van der Waals surface area (Å²) in [5.74, 6) is 0. The second-order valence-corrected chi connectivity index (χ2v) is 5.08. The van der Waals surface area contributed by atoms with Gasteiger partial charge in [0.15, 0.2) is 0 Å². The number of allylic oxidation sites excluding steroid dienone is 4. The monoisotopic (exact) mass is 265 g/mol. The smallest absolute Gasteiger partial charge is 0.0692 e. The van der Waals surface area contributed by atoms with E-state index in [9.17, 15) is 0 Å². The SMILES string of the molecule is C=Cc1cnc(C2=CC(Cl)=CC(Cl)C2)c(C)c1. The minimum atomic E-state index is -0.0530. The summed E-state index contributed by atoms with van der Waals surface area (Å²) in [5.41, 5.74) is 4.19. The van der Waals surface area contributed by atoms with Crippen LogP contribution in [0, 0.1) is 6.92 Å². The molecule has 1 aromatic heterocycles. The number of hydrogen-bond acceptors (Lipinski definition) is 1. The van der Waals surface area contributed by atoms with Gasteiger partial charge in [0, 0.05) is 11.2 Å². The van der Waals surface area contributed by atoms with Crippen molar-refractivity contribution in [3.05, 3.63) is 52.8 Å². The van der Waals surface area contributed by atoms with E-state index in [1.165, 1.54) is 0 Å². The van der Waals surface area contributed by atoms with Crippen molar-refractivity contribution in [1.29, 1.82) is 0 Å². The van der Waals surface area contributed by atoms with Crippen LogP contribution in [0.5, 0.6) is 0 Å². The molecule has 0 N–H and O–H groups in total. The maximum Gasteiger partial charge on any atom is 0.0692 e. The van der Waals surface area contributed by atoms with Gasteiger partial charge < -0.3 is 0 Å². The molecule has 0 fully saturated rings. The first-order chi connectivity index (χ1) is 8.10. The Labute approximate surface area is 111 Å². The van der Waals surface area contributed by atoms with Crippen molar-refractivity contribution in [3.8, 4) is 0 Å². The van der Waals surface area contributed by atoms with Crippen LogP contribution in [0.3, 0.4) is 0 Å². The van der Waals surface area contributed by atoms with Crippen LogP contribution in [0.25, 0.3) is 11.6 Å². The zero-order valence-electron chi connectivity index (χ0n) is 9.58. The molecule has 0 amide bonds. The molecular weight excluding hydrogens is 253 g/mol. The summed E-state index contributed by atoms with van der Waals surface area (Å²) in [6.07, 6.45) is 8.14. The van der Waals surface area contributed by atoms with Gasteiger partial charge in [-0.3, -0.25) is 4.98 Å². The van der Waals surface area contributed by atoms with Gasteiger partial charge in [0.1, 0.15) is 0 Å². The maximum absolute atomic E-state index is 6.12. The highest BCUT2D eigenvalue weighted by Gasteiger charge is 2.16. The van der Waals surface area contributed by atoms with Crippen LogP contribution in [0.4, 0.5) is 0 Å². The van der Waals surface area contributed by atoms with Gasteiger partial charge in [-0.25, -0.2) is 0 Å². The number of aryl methyl sites for hydroxylation is 1. The molecule has 0 bridgehead atoms. The van der Waals surface area contributed by atoms with Crippen molar-refractivity contribution in [3.63, 3.8) is 0 Å². The molecule has 2 rings (SSSR count). The highest BCUT2D eigenvalue weighted by atomic mass is 35.5.